The van der Waals surface area contributed by atoms with Gasteiger partial charge in [0.15, 0.2) is 5.12 Å². The predicted molar refractivity (Wildman–Crippen MR) is 80.1 cm³/mol. The Bertz CT molecular complexity index is 255. The van der Waals surface area contributed by atoms with Crippen LogP contribution < -0.4 is 5.73 Å². The standard InChI is InChI=1S/C7H16NOS.C4H9NO2S/c1-7(9)10-6-5-8(2,3)4;5-3(1-2-8)4(6)7/h5-6H2,1-4H3;3,8H,1-2,5H2,(H,6,7)/q+1;. The van der Waals surface area contributed by atoms with Gasteiger partial charge in [-0.3, -0.25) is 9.59 Å². The van der Waals surface area contributed by atoms with Gasteiger partial charge in [0.05, 0.1) is 33.4 Å². The van der Waals surface area contributed by atoms with Crippen LogP contribution in [0.4, 0.5) is 0 Å². The van der Waals surface area contributed by atoms with Gasteiger partial charge in [-0.15, -0.1) is 0 Å². The van der Waals surface area contributed by atoms with Crippen molar-refractivity contribution in [2.24, 2.45) is 5.73 Å². The number of carbonyl (C=O) groups excluding carboxylic acids is 1. The van der Waals surface area contributed by atoms with Crippen LogP contribution in [0.25, 0.3) is 0 Å². The number of carboxylic acids is 1. The molecule has 0 aliphatic carbocycles. The molecule has 0 spiro atoms. The Hall–Kier alpha value is -0.240. The van der Waals surface area contributed by atoms with Crippen molar-refractivity contribution in [3.8, 4) is 0 Å². The SMILES string of the molecule is CC(=O)SCC[N+](C)(C)C.NC(CCS)C(=O)O. The van der Waals surface area contributed by atoms with Gasteiger partial charge in [-0.05, 0) is 12.2 Å². The van der Waals surface area contributed by atoms with Gasteiger partial charge in [-0.25, -0.2) is 0 Å². The monoisotopic (exact) mass is 297 g/mol. The third-order valence-corrected chi connectivity index (χ3v) is 2.88. The summed E-state index contributed by atoms with van der Waals surface area (Å²) in [6.45, 7) is 2.66. The lowest BCUT2D eigenvalue weighted by Gasteiger charge is -2.22. The summed E-state index contributed by atoms with van der Waals surface area (Å²) in [7, 11) is 6.38. The predicted octanol–water partition coefficient (Wildman–Crippen LogP) is 0.691. The second kappa shape index (κ2) is 10.7. The van der Waals surface area contributed by atoms with Crippen LogP contribution in [-0.4, -0.2) is 65.9 Å². The lowest BCUT2D eigenvalue weighted by Crippen LogP contribution is -2.36. The number of carboxylic acid groups (broad SMARTS) is 1. The number of thioether (sulfide) groups is 1. The van der Waals surface area contributed by atoms with Crippen molar-refractivity contribution in [3.05, 3.63) is 0 Å². The third-order valence-electron chi connectivity index (χ3n) is 1.82. The first-order valence-corrected chi connectivity index (χ1v) is 7.25. The van der Waals surface area contributed by atoms with Gasteiger partial charge < -0.3 is 15.3 Å². The molecule has 0 saturated heterocycles. The molecule has 0 aromatic heterocycles. The Balaban J connectivity index is 0. The maximum atomic E-state index is 10.5. The van der Waals surface area contributed by atoms with E-state index in [9.17, 15) is 9.59 Å². The van der Waals surface area contributed by atoms with Gasteiger partial charge in [-0.2, -0.15) is 12.6 Å². The van der Waals surface area contributed by atoms with Crippen molar-refractivity contribution in [3.63, 3.8) is 0 Å². The van der Waals surface area contributed by atoms with Gasteiger partial charge in [0, 0.05) is 6.92 Å². The molecule has 0 aliphatic heterocycles. The molecular weight excluding hydrogens is 272 g/mol. The molecule has 0 heterocycles. The van der Waals surface area contributed by atoms with Crippen LogP contribution in [0, 0.1) is 0 Å². The normalized spacial score (nSPS) is 12.3. The van der Waals surface area contributed by atoms with E-state index in [4.69, 9.17) is 10.8 Å². The number of aliphatic carboxylic acids is 1. The van der Waals surface area contributed by atoms with Crippen molar-refractivity contribution < 1.29 is 19.2 Å². The van der Waals surface area contributed by atoms with E-state index in [1.165, 1.54) is 11.8 Å². The molecule has 108 valence electrons. The Labute approximate surface area is 119 Å². The average molecular weight is 297 g/mol. The highest BCUT2D eigenvalue weighted by Crippen LogP contribution is 2.02. The Morgan fingerprint density at radius 3 is 2.11 bits per heavy atom. The number of quaternary nitrogens is 1. The van der Waals surface area contributed by atoms with Crippen LogP contribution >= 0.6 is 24.4 Å². The number of hydrogen-bond acceptors (Lipinski definition) is 5. The van der Waals surface area contributed by atoms with Crippen LogP contribution in [0.5, 0.6) is 0 Å². The van der Waals surface area contributed by atoms with E-state index in [2.05, 4.69) is 33.8 Å². The largest absolute Gasteiger partial charge is 0.480 e. The molecule has 0 fully saturated rings. The molecule has 3 N–H and O–H groups in total. The zero-order chi connectivity index (χ0) is 14.8. The minimum atomic E-state index is -0.959. The van der Waals surface area contributed by atoms with Crippen LogP contribution in [0.1, 0.15) is 13.3 Å². The van der Waals surface area contributed by atoms with Crippen molar-refractivity contribution >= 4 is 35.5 Å². The van der Waals surface area contributed by atoms with Crippen LogP contribution in [-0.2, 0) is 9.59 Å². The van der Waals surface area contributed by atoms with E-state index in [-0.39, 0.29) is 5.12 Å². The fourth-order valence-electron chi connectivity index (χ4n) is 0.726. The van der Waals surface area contributed by atoms with Crippen LogP contribution in [0.3, 0.4) is 0 Å². The summed E-state index contributed by atoms with van der Waals surface area (Å²) in [4.78, 5) is 20.4. The smallest absolute Gasteiger partial charge is 0.320 e. The first-order chi connectivity index (χ1) is 8.10. The summed E-state index contributed by atoms with van der Waals surface area (Å²) in [5.41, 5.74) is 5.08. The highest BCUT2D eigenvalue weighted by Gasteiger charge is 2.08. The van der Waals surface area contributed by atoms with E-state index in [0.29, 0.717) is 12.2 Å². The zero-order valence-electron chi connectivity index (χ0n) is 11.5. The number of nitrogens with zero attached hydrogens (tertiary/aromatic N) is 1. The molecule has 18 heavy (non-hydrogen) atoms. The zero-order valence-corrected chi connectivity index (χ0v) is 13.3. The Morgan fingerprint density at radius 2 is 1.89 bits per heavy atom. The second-order valence-electron chi connectivity index (χ2n) is 4.81. The molecule has 0 aromatic carbocycles. The number of nitrogens with two attached hydrogens (primary N) is 1. The summed E-state index contributed by atoms with van der Waals surface area (Å²) in [6, 6.07) is -0.743. The molecule has 0 aliphatic rings. The fraction of sp³-hybridized carbons (Fsp3) is 0.818. The van der Waals surface area contributed by atoms with Gasteiger partial charge >= 0.3 is 5.97 Å². The lowest BCUT2D eigenvalue weighted by atomic mass is 10.2. The summed E-state index contributed by atoms with van der Waals surface area (Å²) in [5, 5.41) is 8.37. The molecule has 7 heteroatoms. The number of carbonyl (C=O) groups is 2. The molecule has 1 unspecified atom stereocenters. The minimum absolute atomic E-state index is 0.216. The molecule has 1 atom stereocenters. The van der Waals surface area contributed by atoms with E-state index in [1.807, 2.05) is 0 Å². The maximum Gasteiger partial charge on any atom is 0.320 e. The highest BCUT2D eigenvalue weighted by molar-refractivity contribution is 8.13. The van der Waals surface area contributed by atoms with Crippen molar-refractivity contribution in [1.82, 2.24) is 0 Å². The van der Waals surface area contributed by atoms with Crippen molar-refractivity contribution in [2.75, 3.05) is 39.2 Å². The number of hydrogen-bond donors (Lipinski definition) is 3. The summed E-state index contributed by atoms with van der Waals surface area (Å²) >= 11 is 5.21. The third kappa shape index (κ3) is 18.1. The summed E-state index contributed by atoms with van der Waals surface area (Å²) < 4.78 is 0.931. The average Bonchev–Trinajstić information content (AvgIpc) is 2.16. The molecule has 0 saturated carbocycles. The number of thiol groups is 1. The summed E-state index contributed by atoms with van der Waals surface area (Å²) in [5.74, 6) is 0.491. The Kier molecular flexibility index (Phi) is 11.9. The van der Waals surface area contributed by atoms with Gasteiger partial charge in [0.1, 0.15) is 6.04 Å². The lowest BCUT2D eigenvalue weighted by molar-refractivity contribution is -0.867. The van der Waals surface area contributed by atoms with Gasteiger partial charge in [0.2, 0.25) is 0 Å². The minimum Gasteiger partial charge on any atom is -0.480 e. The topological polar surface area (TPSA) is 80.4 Å². The van der Waals surface area contributed by atoms with Crippen LogP contribution in [0.2, 0.25) is 0 Å². The van der Waals surface area contributed by atoms with Crippen molar-refractivity contribution in [1.29, 1.82) is 0 Å². The molecule has 0 rings (SSSR count). The maximum absolute atomic E-state index is 10.5. The quantitative estimate of drug-likeness (QED) is 0.496. The fourth-order valence-corrected chi connectivity index (χ4v) is 1.93. The molecule has 0 bridgehead atoms. The van der Waals surface area contributed by atoms with Gasteiger partial charge in [-0.1, -0.05) is 11.8 Å². The van der Waals surface area contributed by atoms with E-state index in [1.54, 1.807) is 6.92 Å². The highest BCUT2D eigenvalue weighted by atomic mass is 32.2. The van der Waals surface area contributed by atoms with Gasteiger partial charge in [0.25, 0.3) is 0 Å². The first-order valence-electron chi connectivity index (χ1n) is 5.63. The summed E-state index contributed by atoms with van der Waals surface area (Å²) in [6.07, 6.45) is 0.429. The molecule has 0 amide bonds. The van der Waals surface area contributed by atoms with Crippen LogP contribution in [0.15, 0.2) is 0 Å². The van der Waals surface area contributed by atoms with E-state index < -0.39 is 12.0 Å². The number of rotatable bonds is 6. The molecule has 0 radical (unpaired) electrons. The molecular formula is C11H25N2O3S2+. The van der Waals surface area contributed by atoms with E-state index in [0.717, 1.165) is 16.8 Å². The molecule has 5 nitrogen and oxygen atoms in total. The Morgan fingerprint density at radius 1 is 1.39 bits per heavy atom. The molecule has 0 aromatic rings. The second-order valence-corrected chi connectivity index (χ2v) is 6.53. The van der Waals surface area contributed by atoms with E-state index >= 15 is 0 Å². The van der Waals surface area contributed by atoms with Crippen molar-refractivity contribution in [2.45, 2.75) is 19.4 Å². The first kappa shape index (κ1) is 20.1.